The lowest BCUT2D eigenvalue weighted by molar-refractivity contribution is -0.560. The molecular weight excluding hydrogens is 634 g/mol. The second-order valence-corrected chi connectivity index (χ2v) is 10.7. The molecule has 0 saturated heterocycles. The molecule has 0 saturated carbocycles. The second kappa shape index (κ2) is 22.6. The Morgan fingerprint density at radius 3 is 2.04 bits per heavy atom. The van der Waals surface area contributed by atoms with Gasteiger partial charge >= 0.3 is 0 Å². The van der Waals surface area contributed by atoms with Crippen LogP contribution >= 0.6 is 0 Å². The molecule has 0 atom stereocenters. The van der Waals surface area contributed by atoms with E-state index in [-0.39, 0.29) is 18.9 Å². The molecular formula is C37H50N9O4+. The van der Waals surface area contributed by atoms with Crippen LogP contribution in [0.4, 0.5) is 11.4 Å². The first kappa shape index (κ1) is 42.0. The fourth-order valence-electron chi connectivity index (χ4n) is 5.10. The number of fused-ring (bicyclic) bond motifs is 3. The maximum absolute atomic E-state index is 12.3. The standard InChI is InChI=1S/C24H25N5O2.C7H8N2.C3H9N2O.C2H6.CH2O/c25-13-18-19(26)9-10-20-22(18)16-3-1-2-4-17(16)23(29-20)14-5-7-15(8-6-14)24(31)28-12-11-21(27)30;8-5-6-3-1-2-4-7(6)9;1-2-3-5(4)6;2*1-2/h5-10,13,25H,1-4,11-12,26H2,(H2,27,30)(H,28,31);1-5,8H,9H2;2-3H2,1H3,(H2,4,6);1-2H3;1H2/q;;+1;;. The number of hydrogen-bond donors (Lipinski definition) is 7. The van der Waals surface area contributed by atoms with Crippen molar-refractivity contribution in [3.63, 3.8) is 0 Å². The van der Waals surface area contributed by atoms with Crippen LogP contribution < -0.4 is 28.4 Å². The zero-order valence-electron chi connectivity index (χ0n) is 29.1. The molecule has 1 heterocycles. The fraction of sp³-hybridized carbons (Fsp3) is 0.297. The molecule has 266 valence electrons. The van der Waals surface area contributed by atoms with Crippen molar-refractivity contribution in [2.45, 2.75) is 59.3 Å². The number of aromatic nitrogens is 1. The molecule has 0 aliphatic heterocycles. The van der Waals surface area contributed by atoms with Crippen LogP contribution in [0.3, 0.4) is 0 Å². The third kappa shape index (κ3) is 12.2. The number of nitrogens with two attached hydrogens (primary N) is 4. The van der Waals surface area contributed by atoms with E-state index in [4.69, 9.17) is 37.8 Å². The van der Waals surface area contributed by atoms with Crippen LogP contribution in [0.25, 0.3) is 22.2 Å². The van der Waals surface area contributed by atoms with Gasteiger partial charge < -0.3 is 38.1 Å². The third-order valence-electron chi connectivity index (χ3n) is 7.36. The van der Waals surface area contributed by atoms with Gasteiger partial charge in [-0.05, 0) is 67.1 Å². The SMILES string of the molecule is C=O.CC.CCC[N+](N)=O.N=Cc1c(N)ccc2nc(-c3ccc(C(=O)NCCC(N)=O)cc3)c3c(c12)CCCC3.N=Cc1ccccc1N. The van der Waals surface area contributed by atoms with Crippen molar-refractivity contribution in [2.75, 3.05) is 24.6 Å². The van der Waals surface area contributed by atoms with Crippen molar-refractivity contribution in [2.24, 2.45) is 11.6 Å². The van der Waals surface area contributed by atoms with Gasteiger partial charge in [-0.1, -0.05) is 51.1 Å². The van der Waals surface area contributed by atoms with Gasteiger partial charge in [-0.2, -0.15) is 5.84 Å². The monoisotopic (exact) mass is 684 g/mol. The number of hydrogen-bond acceptors (Lipinski definition) is 9. The van der Waals surface area contributed by atoms with Crippen LogP contribution in [0.5, 0.6) is 0 Å². The van der Waals surface area contributed by atoms with Gasteiger partial charge in [-0.3, -0.25) is 9.59 Å². The number of carbonyl (C=O) groups is 3. The molecule has 13 nitrogen and oxygen atoms in total. The molecule has 0 fully saturated rings. The first-order chi connectivity index (χ1) is 24.1. The molecule has 1 aromatic heterocycles. The van der Waals surface area contributed by atoms with Gasteiger partial charge in [0.1, 0.15) is 11.7 Å². The Balaban J connectivity index is 0.000000541. The van der Waals surface area contributed by atoms with Gasteiger partial charge in [0.15, 0.2) is 0 Å². The Hall–Kier alpha value is -5.98. The molecule has 4 aromatic rings. The van der Waals surface area contributed by atoms with Crippen molar-refractivity contribution < 1.29 is 19.3 Å². The first-order valence-electron chi connectivity index (χ1n) is 16.4. The Labute approximate surface area is 293 Å². The molecule has 13 heteroatoms. The van der Waals surface area contributed by atoms with Crippen molar-refractivity contribution in [3.8, 4) is 11.3 Å². The summed E-state index contributed by atoms with van der Waals surface area (Å²) in [4.78, 5) is 46.2. The number of pyridine rings is 1. The number of carbonyl (C=O) groups excluding carboxylic acids is 3. The Bertz CT molecular complexity index is 1740. The number of amides is 2. The number of anilines is 2. The Morgan fingerprint density at radius 2 is 1.54 bits per heavy atom. The van der Waals surface area contributed by atoms with Gasteiger partial charge in [0.25, 0.3) is 5.91 Å². The summed E-state index contributed by atoms with van der Waals surface area (Å²) in [6, 6.07) is 18.3. The predicted molar refractivity (Wildman–Crippen MR) is 202 cm³/mol. The van der Waals surface area contributed by atoms with Gasteiger partial charge in [0.05, 0.1) is 16.1 Å². The highest BCUT2D eigenvalue weighted by Gasteiger charge is 2.21. The van der Waals surface area contributed by atoms with Gasteiger partial charge in [-0.25, -0.2) is 4.98 Å². The molecule has 1 aliphatic rings. The molecule has 1 aliphatic carbocycles. The summed E-state index contributed by atoms with van der Waals surface area (Å²) in [6.07, 6.45) is 7.55. The minimum absolute atomic E-state index is 0.110. The quantitative estimate of drug-likeness (QED) is 0.0409. The molecule has 0 spiro atoms. The molecule has 0 bridgehead atoms. The normalized spacial score (nSPS) is 10.8. The smallest absolute Gasteiger partial charge is 0.251 e. The van der Waals surface area contributed by atoms with Crippen molar-refractivity contribution in [3.05, 3.63) is 93.4 Å². The minimum atomic E-state index is -0.448. The lowest BCUT2D eigenvalue weighted by Crippen LogP contribution is -2.27. The summed E-state index contributed by atoms with van der Waals surface area (Å²) < 4.78 is 0. The van der Waals surface area contributed by atoms with Crippen LogP contribution in [0.2, 0.25) is 0 Å². The van der Waals surface area contributed by atoms with E-state index in [0.717, 1.165) is 65.4 Å². The minimum Gasteiger partial charge on any atom is -0.398 e. The number of nitroso groups, excluding NO2 is 1. The highest BCUT2D eigenvalue weighted by molar-refractivity contribution is 6.05. The summed E-state index contributed by atoms with van der Waals surface area (Å²) in [6.45, 7) is 8.55. The van der Waals surface area contributed by atoms with Crippen LogP contribution in [-0.2, 0) is 22.4 Å². The fourth-order valence-corrected chi connectivity index (χ4v) is 5.10. The van der Waals surface area contributed by atoms with E-state index in [1.807, 2.05) is 64.0 Å². The number of aryl methyl sites for hydroxylation is 1. The number of para-hydroxylation sites is 1. The number of hydrazine groups is 1. The summed E-state index contributed by atoms with van der Waals surface area (Å²) in [5, 5.41) is 18.4. The third-order valence-corrected chi connectivity index (χ3v) is 7.36. The summed E-state index contributed by atoms with van der Waals surface area (Å²) in [7, 11) is 0. The van der Waals surface area contributed by atoms with E-state index in [2.05, 4.69) is 11.2 Å². The van der Waals surface area contributed by atoms with E-state index in [0.29, 0.717) is 28.4 Å². The number of primary amides is 1. The highest BCUT2D eigenvalue weighted by atomic mass is 16.3. The van der Waals surface area contributed by atoms with Crippen LogP contribution in [-0.4, -0.2) is 54.0 Å². The predicted octanol–water partition coefficient (Wildman–Crippen LogP) is 5.12. The molecule has 0 unspecified atom stereocenters. The van der Waals surface area contributed by atoms with E-state index in [1.165, 1.54) is 23.6 Å². The Morgan fingerprint density at radius 1 is 0.920 bits per heavy atom. The van der Waals surface area contributed by atoms with Crippen LogP contribution in [0.15, 0.2) is 60.7 Å². The molecule has 2 amide bonds. The van der Waals surface area contributed by atoms with Crippen molar-refractivity contribution >= 4 is 53.3 Å². The number of rotatable bonds is 9. The molecule has 0 radical (unpaired) electrons. The van der Waals surface area contributed by atoms with E-state index >= 15 is 0 Å². The lowest BCUT2D eigenvalue weighted by Gasteiger charge is -2.23. The zero-order valence-corrected chi connectivity index (χ0v) is 29.1. The highest BCUT2D eigenvalue weighted by Crippen LogP contribution is 2.37. The molecule has 50 heavy (non-hydrogen) atoms. The summed E-state index contributed by atoms with van der Waals surface area (Å²) in [5.41, 5.74) is 25.1. The molecule has 11 N–H and O–H groups in total. The van der Waals surface area contributed by atoms with Gasteiger partial charge in [0.2, 0.25) is 12.5 Å². The average molecular weight is 685 g/mol. The topological polar surface area (TPSA) is 248 Å². The maximum Gasteiger partial charge on any atom is 0.251 e. The maximum atomic E-state index is 12.3. The van der Waals surface area contributed by atoms with Crippen molar-refractivity contribution in [1.82, 2.24) is 10.3 Å². The molecule has 3 aromatic carbocycles. The van der Waals surface area contributed by atoms with Crippen LogP contribution in [0.1, 0.15) is 79.1 Å². The number of nitrogens with zero attached hydrogens (tertiary/aromatic N) is 2. The number of benzene rings is 3. The largest absolute Gasteiger partial charge is 0.398 e. The lowest BCUT2D eigenvalue weighted by atomic mass is 9.85. The Kier molecular flexibility index (Phi) is 19.0. The van der Waals surface area contributed by atoms with Gasteiger partial charge in [-0.15, -0.1) is 0 Å². The van der Waals surface area contributed by atoms with Crippen LogP contribution in [0, 0.1) is 15.7 Å². The number of nitrogen functional groups attached to an aromatic ring is 2. The first-order valence-corrected chi connectivity index (χ1v) is 16.4. The number of nitrogens with one attached hydrogen (secondary N) is 3. The second-order valence-electron chi connectivity index (χ2n) is 10.7. The molecule has 5 rings (SSSR count). The summed E-state index contributed by atoms with van der Waals surface area (Å²) in [5.74, 6) is 3.99. The summed E-state index contributed by atoms with van der Waals surface area (Å²) >= 11 is 0. The van der Waals surface area contributed by atoms with Gasteiger partial charge in [0, 0.05) is 70.8 Å². The van der Waals surface area contributed by atoms with E-state index in [9.17, 15) is 14.5 Å². The zero-order chi connectivity index (χ0) is 37.6. The average Bonchev–Trinajstić information content (AvgIpc) is 3.13. The van der Waals surface area contributed by atoms with E-state index < -0.39 is 5.91 Å². The van der Waals surface area contributed by atoms with E-state index in [1.54, 1.807) is 24.3 Å². The van der Waals surface area contributed by atoms with Crippen molar-refractivity contribution in [1.29, 1.82) is 10.8 Å².